The molecule has 2 nitrogen and oxygen atoms in total. The average molecular weight is 224 g/mol. The van der Waals surface area contributed by atoms with Crippen LogP contribution in [0.25, 0.3) is 0 Å². The molecule has 0 aromatic carbocycles. The van der Waals surface area contributed by atoms with Crippen LogP contribution in [0.2, 0.25) is 0 Å². The lowest BCUT2D eigenvalue weighted by molar-refractivity contribution is 0.172. The van der Waals surface area contributed by atoms with Crippen LogP contribution in [0.4, 0.5) is 0 Å². The summed E-state index contributed by atoms with van der Waals surface area (Å²) in [5.74, 6) is 1.07. The van der Waals surface area contributed by atoms with Crippen molar-refractivity contribution in [2.45, 2.75) is 64.5 Å². The first kappa shape index (κ1) is 12.4. The molecular weight excluding hydrogens is 196 g/mol. The smallest absolute Gasteiger partial charge is 0.0192 e. The first-order chi connectivity index (χ1) is 7.83. The van der Waals surface area contributed by atoms with Gasteiger partial charge < -0.3 is 5.32 Å². The van der Waals surface area contributed by atoms with Gasteiger partial charge in [-0.05, 0) is 44.7 Å². The Bertz CT molecular complexity index is 201. The largest absolute Gasteiger partial charge is 0.313 e. The normalized spacial score (nSPS) is 30.0. The maximum atomic E-state index is 3.67. The van der Waals surface area contributed by atoms with E-state index in [-0.39, 0.29) is 0 Å². The molecule has 0 spiro atoms. The van der Waals surface area contributed by atoms with Gasteiger partial charge in [-0.25, -0.2) is 0 Å². The van der Waals surface area contributed by atoms with E-state index in [2.05, 4.69) is 24.1 Å². The van der Waals surface area contributed by atoms with Crippen molar-refractivity contribution in [3.8, 4) is 0 Å². The SMILES string of the molecule is CCC1CN(C(CC)CC2CC2)CCCN1. The molecule has 2 rings (SSSR count). The third-order valence-electron chi connectivity index (χ3n) is 4.29. The van der Waals surface area contributed by atoms with Crippen molar-refractivity contribution < 1.29 is 0 Å². The van der Waals surface area contributed by atoms with Gasteiger partial charge in [-0.1, -0.05) is 26.7 Å². The van der Waals surface area contributed by atoms with E-state index < -0.39 is 0 Å². The monoisotopic (exact) mass is 224 g/mol. The molecule has 2 atom stereocenters. The minimum atomic E-state index is 0.732. The highest BCUT2D eigenvalue weighted by Crippen LogP contribution is 2.35. The molecule has 1 saturated carbocycles. The molecule has 2 heteroatoms. The van der Waals surface area contributed by atoms with E-state index in [4.69, 9.17) is 0 Å². The minimum Gasteiger partial charge on any atom is -0.313 e. The van der Waals surface area contributed by atoms with E-state index >= 15 is 0 Å². The zero-order chi connectivity index (χ0) is 11.4. The standard InChI is InChI=1S/C14H28N2/c1-3-13-11-16(9-5-8-15-13)14(4-2)10-12-6-7-12/h12-15H,3-11H2,1-2H3. The zero-order valence-corrected chi connectivity index (χ0v) is 11.0. The number of nitrogens with zero attached hydrogens (tertiary/aromatic N) is 1. The summed E-state index contributed by atoms with van der Waals surface area (Å²) in [6.45, 7) is 8.49. The summed E-state index contributed by atoms with van der Waals surface area (Å²) in [5, 5.41) is 3.67. The van der Waals surface area contributed by atoms with Crippen LogP contribution in [0.5, 0.6) is 0 Å². The van der Waals surface area contributed by atoms with Gasteiger partial charge in [-0.2, -0.15) is 0 Å². The van der Waals surface area contributed by atoms with E-state index in [1.54, 1.807) is 0 Å². The molecular formula is C14H28N2. The highest BCUT2D eigenvalue weighted by atomic mass is 15.2. The molecule has 94 valence electrons. The molecule has 0 amide bonds. The second kappa shape index (κ2) is 6.02. The van der Waals surface area contributed by atoms with Gasteiger partial charge in [0.2, 0.25) is 0 Å². The Balaban J connectivity index is 1.87. The second-order valence-electron chi connectivity index (χ2n) is 5.65. The van der Waals surface area contributed by atoms with Gasteiger partial charge in [0.15, 0.2) is 0 Å². The summed E-state index contributed by atoms with van der Waals surface area (Å²) in [4.78, 5) is 2.77. The molecule has 2 unspecified atom stereocenters. The van der Waals surface area contributed by atoms with Gasteiger partial charge in [0.05, 0.1) is 0 Å². The van der Waals surface area contributed by atoms with E-state index in [0.29, 0.717) is 0 Å². The van der Waals surface area contributed by atoms with Crippen molar-refractivity contribution in [2.75, 3.05) is 19.6 Å². The van der Waals surface area contributed by atoms with Crippen LogP contribution in [0.15, 0.2) is 0 Å². The number of rotatable bonds is 5. The fourth-order valence-corrected chi connectivity index (χ4v) is 2.94. The molecule has 2 fully saturated rings. The predicted molar refractivity (Wildman–Crippen MR) is 69.7 cm³/mol. The molecule has 1 saturated heterocycles. The van der Waals surface area contributed by atoms with Crippen LogP contribution in [-0.2, 0) is 0 Å². The molecule has 0 aromatic rings. The van der Waals surface area contributed by atoms with Crippen LogP contribution in [-0.4, -0.2) is 36.6 Å². The summed E-state index contributed by atoms with van der Waals surface area (Å²) in [5.41, 5.74) is 0. The maximum Gasteiger partial charge on any atom is 0.0192 e. The Kier molecular flexibility index (Phi) is 4.66. The molecule has 0 radical (unpaired) electrons. The van der Waals surface area contributed by atoms with E-state index in [1.165, 1.54) is 58.2 Å². The van der Waals surface area contributed by atoms with E-state index in [1.807, 2.05) is 0 Å². The van der Waals surface area contributed by atoms with Gasteiger partial charge >= 0.3 is 0 Å². The van der Waals surface area contributed by atoms with Crippen LogP contribution >= 0.6 is 0 Å². The Morgan fingerprint density at radius 3 is 2.75 bits per heavy atom. The summed E-state index contributed by atoms with van der Waals surface area (Å²) < 4.78 is 0. The lowest BCUT2D eigenvalue weighted by atomic mass is 10.0. The number of hydrogen-bond donors (Lipinski definition) is 1. The Labute approximate surface area is 101 Å². The lowest BCUT2D eigenvalue weighted by Gasteiger charge is -2.32. The summed E-state index contributed by atoms with van der Waals surface area (Å²) in [7, 11) is 0. The molecule has 0 bridgehead atoms. The molecule has 1 aliphatic carbocycles. The topological polar surface area (TPSA) is 15.3 Å². The summed E-state index contributed by atoms with van der Waals surface area (Å²) in [6.07, 6.45) is 8.41. The van der Waals surface area contributed by atoms with Crippen LogP contribution < -0.4 is 5.32 Å². The van der Waals surface area contributed by atoms with Gasteiger partial charge in [-0.15, -0.1) is 0 Å². The summed E-state index contributed by atoms with van der Waals surface area (Å²) >= 11 is 0. The molecule has 0 aromatic heterocycles. The Morgan fingerprint density at radius 1 is 1.31 bits per heavy atom. The van der Waals surface area contributed by atoms with Crippen molar-refractivity contribution in [1.29, 1.82) is 0 Å². The van der Waals surface area contributed by atoms with Gasteiger partial charge in [0.1, 0.15) is 0 Å². The van der Waals surface area contributed by atoms with E-state index in [9.17, 15) is 0 Å². The molecule has 2 aliphatic rings. The highest BCUT2D eigenvalue weighted by molar-refractivity contribution is 4.84. The van der Waals surface area contributed by atoms with Crippen LogP contribution in [0.3, 0.4) is 0 Å². The maximum absolute atomic E-state index is 3.67. The van der Waals surface area contributed by atoms with Crippen molar-refractivity contribution in [2.24, 2.45) is 5.92 Å². The van der Waals surface area contributed by atoms with Gasteiger partial charge in [0.25, 0.3) is 0 Å². The van der Waals surface area contributed by atoms with Crippen molar-refractivity contribution in [3.05, 3.63) is 0 Å². The van der Waals surface area contributed by atoms with Gasteiger partial charge in [-0.3, -0.25) is 4.90 Å². The Hall–Kier alpha value is -0.0800. The molecule has 1 aliphatic heterocycles. The molecule has 16 heavy (non-hydrogen) atoms. The Morgan fingerprint density at radius 2 is 2.12 bits per heavy atom. The fourth-order valence-electron chi connectivity index (χ4n) is 2.94. The van der Waals surface area contributed by atoms with Crippen LogP contribution in [0, 0.1) is 5.92 Å². The molecule has 1 heterocycles. The van der Waals surface area contributed by atoms with Crippen molar-refractivity contribution >= 4 is 0 Å². The van der Waals surface area contributed by atoms with Crippen LogP contribution in [0.1, 0.15) is 52.4 Å². The minimum absolute atomic E-state index is 0.732. The number of hydrogen-bond acceptors (Lipinski definition) is 2. The quantitative estimate of drug-likeness (QED) is 0.772. The first-order valence-corrected chi connectivity index (χ1v) is 7.30. The highest BCUT2D eigenvalue weighted by Gasteiger charge is 2.29. The number of nitrogens with one attached hydrogen (secondary N) is 1. The van der Waals surface area contributed by atoms with Crippen molar-refractivity contribution in [1.82, 2.24) is 10.2 Å². The fraction of sp³-hybridized carbons (Fsp3) is 1.00. The third kappa shape index (κ3) is 3.46. The lowest BCUT2D eigenvalue weighted by Crippen LogP contribution is -2.42. The molecule has 1 N–H and O–H groups in total. The predicted octanol–water partition coefficient (Wildman–Crippen LogP) is 2.64. The van der Waals surface area contributed by atoms with E-state index in [0.717, 1.165) is 18.0 Å². The average Bonchev–Trinajstić information content (AvgIpc) is 3.12. The zero-order valence-electron chi connectivity index (χ0n) is 11.0. The summed E-state index contributed by atoms with van der Waals surface area (Å²) in [6, 6.07) is 1.59. The first-order valence-electron chi connectivity index (χ1n) is 7.30. The third-order valence-corrected chi connectivity index (χ3v) is 4.29. The van der Waals surface area contributed by atoms with Crippen molar-refractivity contribution in [3.63, 3.8) is 0 Å². The van der Waals surface area contributed by atoms with Gasteiger partial charge in [0, 0.05) is 18.6 Å². The second-order valence-corrected chi connectivity index (χ2v) is 5.65.